The average molecular weight is 221 g/mol. The molecule has 2 atom stereocenters. The van der Waals surface area contributed by atoms with Gasteiger partial charge in [0.1, 0.15) is 0 Å². The summed E-state index contributed by atoms with van der Waals surface area (Å²) in [5.74, 6) is -0.222. The number of esters is 1. The third-order valence-corrected chi connectivity index (χ3v) is 3.26. The molecule has 0 heterocycles. The first kappa shape index (κ1) is 13.8. The van der Waals surface area contributed by atoms with Crippen molar-refractivity contribution < 1.29 is 14.1 Å². The lowest BCUT2D eigenvalue weighted by molar-refractivity contribution is -0.143. The summed E-state index contributed by atoms with van der Waals surface area (Å²) in [6, 6.07) is -0.142. The zero-order valence-electron chi connectivity index (χ0n) is 9.16. The minimum absolute atomic E-state index is 0.142. The van der Waals surface area contributed by atoms with Gasteiger partial charge in [0.2, 0.25) is 0 Å². The van der Waals surface area contributed by atoms with E-state index in [0.717, 1.165) is 6.16 Å². The van der Waals surface area contributed by atoms with E-state index in [1.165, 1.54) is 0 Å². The zero-order valence-corrected chi connectivity index (χ0v) is 10.0. The van der Waals surface area contributed by atoms with E-state index in [0.29, 0.717) is 13.2 Å². The molecule has 0 radical (unpaired) electrons. The number of carbonyl (C=O) groups excluding carboxylic acids is 1. The molecule has 0 saturated carbocycles. The number of hydrogen-bond donors (Lipinski definition) is 1. The summed E-state index contributed by atoms with van der Waals surface area (Å²) >= 11 is 0. The summed E-state index contributed by atoms with van der Waals surface area (Å²) in [5.41, 5.74) is 5.77. The van der Waals surface area contributed by atoms with Crippen molar-refractivity contribution in [1.29, 1.82) is 0 Å². The van der Waals surface area contributed by atoms with Crippen molar-refractivity contribution in [2.45, 2.75) is 26.3 Å². The summed E-state index contributed by atoms with van der Waals surface area (Å²) in [6.45, 7) is 6.88. The van der Waals surface area contributed by atoms with Crippen LogP contribution in [0.2, 0.25) is 0 Å². The fraction of sp³-hybridized carbons (Fsp3) is 0.889. The van der Waals surface area contributed by atoms with Gasteiger partial charge < -0.3 is 15.0 Å². The van der Waals surface area contributed by atoms with Gasteiger partial charge in [0.25, 0.3) is 0 Å². The Morgan fingerprint density at radius 1 is 1.43 bits per heavy atom. The summed E-state index contributed by atoms with van der Waals surface area (Å²) < 4.78 is 10.2. The highest BCUT2D eigenvalue weighted by Gasteiger charge is 2.13. The van der Waals surface area contributed by atoms with Crippen molar-refractivity contribution in [2.75, 3.05) is 26.0 Å². The van der Waals surface area contributed by atoms with E-state index in [1.54, 1.807) is 6.92 Å². The van der Waals surface area contributed by atoms with E-state index in [1.807, 2.05) is 13.6 Å². The molecule has 84 valence electrons. The molecular formula is C9H20NO3P. The van der Waals surface area contributed by atoms with E-state index >= 15 is 0 Å². The molecule has 0 fully saturated rings. The van der Waals surface area contributed by atoms with Crippen molar-refractivity contribution in [1.82, 2.24) is 0 Å². The first-order chi connectivity index (χ1) is 6.60. The second-order valence-corrected chi connectivity index (χ2v) is 4.88. The van der Waals surface area contributed by atoms with Crippen LogP contribution in [-0.4, -0.2) is 38.1 Å². The van der Waals surface area contributed by atoms with Crippen LogP contribution in [-0.2, 0) is 14.1 Å². The highest BCUT2D eigenvalue weighted by Crippen LogP contribution is 2.32. The van der Waals surface area contributed by atoms with Crippen LogP contribution >= 0.6 is 8.15 Å². The molecule has 0 aromatic rings. The van der Waals surface area contributed by atoms with Gasteiger partial charge in [-0.25, -0.2) is 0 Å². The third-order valence-electron chi connectivity index (χ3n) is 1.58. The van der Waals surface area contributed by atoms with Gasteiger partial charge in [-0.3, -0.25) is 4.79 Å². The minimum atomic E-state index is -0.493. The number of hydrogen-bond acceptors (Lipinski definition) is 4. The molecule has 0 saturated heterocycles. The van der Waals surface area contributed by atoms with Crippen LogP contribution < -0.4 is 5.73 Å². The molecule has 14 heavy (non-hydrogen) atoms. The van der Waals surface area contributed by atoms with Crippen molar-refractivity contribution >= 4 is 14.1 Å². The second-order valence-electron chi connectivity index (χ2n) is 3.00. The van der Waals surface area contributed by atoms with Crippen molar-refractivity contribution in [3.63, 3.8) is 0 Å². The van der Waals surface area contributed by atoms with Gasteiger partial charge >= 0.3 is 5.97 Å². The Morgan fingerprint density at radius 2 is 2.07 bits per heavy atom. The molecule has 0 amide bonds. The van der Waals surface area contributed by atoms with E-state index in [-0.39, 0.29) is 18.4 Å². The average Bonchev–Trinajstić information content (AvgIpc) is 2.03. The molecule has 0 aliphatic heterocycles. The molecule has 5 heteroatoms. The number of rotatable bonds is 7. The van der Waals surface area contributed by atoms with Gasteiger partial charge in [-0.05, 0) is 20.5 Å². The molecule has 0 rings (SSSR count). The Balaban J connectivity index is 3.63. The van der Waals surface area contributed by atoms with Crippen molar-refractivity contribution in [2.24, 2.45) is 5.73 Å². The Morgan fingerprint density at radius 3 is 2.57 bits per heavy atom. The van der Waals surface area contributed by atoms with Crippen LogP contribution in [0.3, 0.4) is 0 Å². The van der Waals surface area contributed by atoms with Gasteiger partial charge in [-0.1, -0.05) is 0 Å². The van der Waals surface area contributed by atoms with Crippen LogP contribution in [0.4, 0.5) is 0 Å². The van der Waals surface area contributed by atoms with Crippen LogP contribution in [0.25, 0.3) is 0 Å². The van der Waals surface area contributed by atoms with Crippen LogP contribution in [0, 0.1) is 0 Å². The van der Waals surface area contributed by atoms with Crippen LogP contribution in [0.1, 0.15) is 20.3 Å². The lowest BCUT2D eigenvalue weighted by Crippen LogP contribution is -2.28. The Kier molecular flexibility index (Phi) is 8.05. The number of carbonyl (C=O) groups is 1. The summed E-state index contributed by atoms with van der Waals surface area (Å²) in [4.78, 5) is 11.1. The van der Waals surface area contributed by atoms with E-state index in [9.17, 15) is 4.79 Å². The lowest BCUT2D eigenvalue weighted by atomic mass is 10.2. The molecule has 0 bridgehead atoms. The first-order valence-corrected chi connectivity index (χ1v) is 6.74. The second kappa shape index (κ2) is 8.16. The SMILES string of the molecule is CCOC(=O)C[C@H](N)CP(C)OCC. The van der Waals surface area contributed by atoms with Gasteiger partial charge in [-0.2, -0.15) is 0 Å². The molecule has 0 aliphatic carbocycles. The molecular weight excluding hydrogens is 201 g/mol. The standard InChI is InChI=1S/C9H20NO3P/c1-4-12-9(11)6-8(10)7-14(3)13-5-2/h8H,4-7,10H2,1-3H3/t8-,14?/m0/s1. The largest absolute Gasteiger partial charge is 0.466 e. The van der Waals surface area contributed by atoms with E-state index in [2.05, 4.69) is 0 Å². The molecule has 0 aromatic heterocycles. The molecule has 1 unspecified atom stereocenters. The Bertz CT molecular complexity index is 166. The van der Waals surface area contributed by atoms with Crippen LogP contribution in [0.15, 0.2) is 0 Å². The van der Waals surface area contributed by atoms with Crippen molar-refractivity contribution in [3.8, 4) is 0 Å². The lowest BCUT2D eigenvalue weighted by Gasteiger charge is -2.16. The van der Waals surface area contributed by atoms with Gasteiger partial charge in [0.15, 0.2) is 0 Å². The summed E-state index contributed by atoms with van der Waals surface area (Å²) in [7, 11) is -0.493. The maximum atomic E-state index is 11.1. The normalized spacial score (nSPS) is 14.9. The first-order valence-electron chi connectivity index (χ1n) is 4.85. The minimum Gasteiger partial charge on any atom is -0.466 e. The van der Waals surface area contributed by atoms with Gasteiger partial charge in [0.05, 0.1) is 13.0 Å². The molecule has 4 nitrogen and oxygen atoms in total. The topological polar surface area (TPSA) is 61.5 Å². The monoisotopic (exact) mass is 221 g/mol. The maximum Gasteiger partial charge on any atom is 0.307 e. The predicted octanol–water partition coefficient (Wildman–Crippen LogP) is 1.33. The molecule has 0 aliphatic rings. The zero-order chi connectivity index (χ0) is 11.0. The number of ether oxygens (including phenoxy) is 1. The van der Waals surface area contributed by atoms with Crippen molar-refractivity contribution in [3.05, 3.63) is 0 Å². The highest BCUT2D eigenvalue weighted by atomic mass is 31.1. The molecule has 2 N–H and O–H groups in total. The maximum absolute atomic E-state index is 11.1. The predicted molar refractivity (Wildman–Crippen MR) is 58.6 cm³/mol. The molecule has 0 spiro atoms. The Hall–Kier alpha value is -0.180. The number of nitrogens with two attached hydrogens (primary N) is 1. The summed E-state index contributed by atoms with van der Waals surface area (Å²) in [5, 5.41) is 0. The third kappa shape index (κ3) is 7.25. The molecule has 0 aromatic carbocycles. The quantitative estimate of drug-likeness (QED) is 0.520. The van der Waals surface area contributed by atoms with Crippen LogP contribution in [0.5, 0.6) is 0 Å². The fourth-order valence-corrected chi connectivity index (χ4v) is 2.44. The van der Waals surface area contributed by atoms with Gasteiger partial charge in [0, 0.05) is 27.0 Å². The highest BCUT2D eigenvalue weighted by molar-refractivity contribution is 7.51. The van der Waals surface area contributed by atoms with Gasteiger partial charge in [-0.15, -0.1) is 0 Å². The fourth-order valence-electron chi connectivity index (χ4n) is 1.10. The smallest absolute Gasteiger partial charge is 0.307 e. The Labute approximate surface area is 87.0 Å². The summed E-state index contributed by atoms with van der Waals surface area (Å²) in [6.07, 6.45) is 1.04. The van der Waals surface area contributed by atoms with E-state index < -0.39 is 8.15 Å². The van der Waals surface area contributed by atoms with E-state index in [4.69, 9.17) is 15.0 Å².